The van der Waals surface area contributed by atoms with Crippen molar-refractivity contribution in [1.82, 2.24) is 4.98 Å². The van der Waals surface area contributed by atoms with Crippen molar-refractivity contribution in [2.75, 3.05) is 5.73 Å². The summed E-state index contributed by atoms with van der Waals surface area (Å²) in [7, 11) is 0. The zero-order valence-corrected chi connectivity index (χ0v) is 8.88. The number of benzene rings is 1. The third-order valence-corrected chi connectivity index (χ3v) is 2.22. The van der Waals surface area contributed by atoms with Crippen LogP contribution in [0.4, 0.5) is 18.9 Å². The van der Waals surface area contributed by atoms with E-state index in [0.29, 0.717) is 11.3 Å². The molecule has 0 aliphatic carbocycles. The second kappa shape index (κ2) is 3.80. The van der Waals surface area contributed by atoms with Gasteiger partial charge in [-0.15, -0.1) is 0 Å². The van der Waals surface area contributed by atoms with Crippen LogP contribution in [-0.2, 0) is 6.18 Å². The monoisotopic (exact) mass is 242 g/mol. The maximum absolute atomic E-state index is 12.4. The quantitative estimate of drug-likeness (QED) is 0.781. The zero-order chi connectivity index (χ0) is 12.6. The molecular weight excluding hydrogens is 233 g/mol. The van der Waals surface area contributed by atoms with Crippen LogP contribution in [0.5, 0.6) is 0 Å². The molecule has 0 bridgehead atoms. The maximum Gasteiger partial charge on any atom is 0.468 e. The molecule has 2 N–H and O–H groups in total. The van der Waals surface area contributed by atoms with Crippen molar-refractivity contribution in [3.8, 4) is 11.3 Å². The first-order chi connectivity index (χ1) is 7.88. The van der Waals surface area contributed by atoms with E-state index in [4.69, 9.17) is 5.73 Å². The van der Waals surface area contributed by atoms with Gasteiger partial charge in [0.05, 0.1) is 0 Å². The third-order valence-electron chi connectivity index (χ3n) is 2.22. The van der Waals surface area contributed by atoms with E-state index in [0.717, 1.165) is 0 Å². The van der Waals surface area contributed by atoms with Gasteiger partial charge in [0.15, 0.2) is 0 Å². The summed E-state index contributed by atoms with van der Waals surface area (Å²) >= 11 is 0. The number of aromatic nitrogens is 1. The van der Waals surface area contributed by atoms with Crippen LogP contribution in [0.1, 0.15) is 11.7 Å². The highest BCUT2D eigenvalue weighted by Crippen LogP contribution is 2.33. The maximum atomic E-state index is 12.4. The highest BCUT2D eigenvalue weighted by molar-refractivity contribution is 5.63. The highest BCUT2D eigenvalue weighted by Gasteiger charge is 2.38. The number of hydrogen-bond donors (Lipinski definition) is 1. The highest BCUT2D eigenvalue weighted by atomic mass is 19.4. The summed E-state index contributed by atoms with van der Waals surface area (Å²) < 4.78 is 41.8. The Morgan fingerprint density at radius 2 is 1.76 bits per heavy atom. The summed E-state index contributed by atoms with van der Waals surface area (Å²) in [5.41, 5.74) is 6.74. The number of nitrogens with zero attached hydrogens (tertiary/aromatic N) is 1. The molecule has 1 aromatic heterocycles. The van der Waals surface area contributed by atoms with Crippen molar-refractivity contribution in [1.29, 1.82) is 0 Å². The van der Waals surface area contributed by atoms with Gasteiger partial charge in [0, 0.05) is 11.3 Å². The molecule has 3 nitrogen and oxygen atoms in total. The molecule has 2 aromatic rings. The van der Waals surface area contributed by atoms with E-state index >= 15 is 0 Å². The van der Waals surface area contributed by atoms with Gasteiger partial charge in [-0.1, -0.05) is 12.1 Å². The Morgan fingerprint density at radius 3 is 2.24 bits per heavy atom. The van der Waals surface area contributed by atoms with Gasteiger partial charge in [0.2, 0.25) is 0 Å². The lowest BCUT2D eigenvalue weighted by atomic mass is 10.1. The predicted octanol–water partition coefficient (Wildman–Crippen LogP) is 3.25. The minimum Gasteiger partial charge on any atom is -0.438 e. The van der Waals surface area contributed by atoms with E-state index in [2.05, 4.69) is 9.40 Å². The number of aryl methyl sites for hydroxylation is 1. The summed E-state index contributed by atoms with van der Waals surface area (Å²) in [6.45, 7) is 1.44. The number of anilines is 1. The largest absolute Gasteiger partial charge is 0.468 e. The Balaban J connectivity index is 2.46. The molecule has 0 spiro atoms. The average Bonchev–Trinajstić information content (AvgIpc) is 2.61. The van der Waals surface area contributed by atoms with Crippen LogP contribution in [0.3, 0.4) is 0 Å². The van der Waals surface area contributed by atoms with Crippen molar-refractivity contribution >= 4 is 5.69 Å². The van der Waals surface area contributed by atoms with Gasteiger partial charge < -0.3 is 10.2 Å². The topological polar surface area (TPSA) is 52.0 Å². The predicted molar refractivity (Wildman–Crippen MR) is 56.1 cm³/mol. The van der Waals surface area contributed by atoms with E-state index in [-0.39, 0.29) is 11.5 Å². The number of oxazole rings is 1. The molecule has 90 valence electrons. The lowest BCUT2D eigenvalue weighted by Gasteiger charge is -1.98. The molecule has 0 saturated carbocycles. The van der Waals surface area contributed by atoms with E-state index in [1.165, 1.54) is 6.92 Å². The molecule has 0 radical (unpaired) electrons. The molecule has 1 aromatic carbocycles. The van der Waals surface area contributed by atoms with Crippen molar-refractivity contribution < 1.29 is 17.6 Å². The van der Waals surface area contributed by atoms with Crippen LogP contribution in [-0.4, -0.2) is 4.98 Å². The molecule has 0 unspecified atom stereocenters. The van der Waals surface area contributed by atoms with Crippen LogP contribution in [0.25, 0.3) is 11.3 Å². The Morgan fingerprint density at radius 1 is 1.18 bits per heavy atom. The first-order valence-corrected chi connectivity index (χ1v) is 4.78. The normalized spacial score (nSPS) is 11.8. The number of hydrogen-bond acceptors (Lipinski definition) is 3. The smallest absolute Gasteiger partial charge is 0.438 e. The molecule has 6 heteroatoms. The summed E-state index contributed by atoms with van der Waals surface area (Å²) in [6.07, 6.45) is -4.57. The Bertz CT molecular complexity index is 529. The lowest BCUT2D eigenvalue weighted by molar-refractivity contribution is -0.157. The Kier molecular flexibility index (Phi) is 2.57. The van der Waals surface area contributed by atoms with Crippen molar-refractivity contribution in [3.05, 3.63) is 35.9 Å². The molecular formula is C11H9F3N2O. The van der Waals surface area contributed by atoms with Gasteiger partial charge in [-0.3, -0.25) is 0 Å². The number of nitrogens with two attached hydrogens (primary N) is 1. The van der Waals surface area contributed by atoms with E-state index in [1.807, 2.05) is 0 Å². The van der Waals surface area contributed by atoms with Gasteiger partial charge in [-0.25, -0.2) is 4.98 Å². The van der Waals surface area contributed by atoms with E-state index < -0.39 is 12.1 Å². The molecule has 1 heterocycles. The van der Waals surface area contributed by atoms with Crippen LogP contribution in [0.15, 0.2) is 28.7 Å². The fraction of sp³-hybridized carbons (Fsp3) is 0.182. The minimum absolute atomic E-state index is 0.127. The van der Waals surface area contributed by atoms with Gasteiger partial charge in [0.1, 0.15) is 11.5 Å². The molecule has 0 aliphatic rings. The molecule has 0 saturated heterocycles. The Labute approximate surface area is 95.1 Å². The number of nitrogen functional groups attached to an aromatic ring is 1. The third kappa shape index (κ3) is 2.25. The fourth-order valence-electron chi connectivity index (χ4n) is 1.43. The SMILES string of the molecule is Cc1oc(C(F)(F)F)nc1-c1ccc(N)cc1. The minimum atomic E-state index is -4.57. The van der Waals surface area contributed by atoms with Gasteiger partial charge in [-0.05, 0) is 19.1 Å². The number of rotatable bonds is 1. The number of halogens is 3. The molecule has 0 atom stereocenters. The van der Waals surface area contributed by atoms with Gasteiger partial charge >= 0.3 is 12.1 Å². The molecule has 0 aliphatic heterocycles. The molecule has 2 rings (SSSR count). The van der Waals surface area contributed by atoms with Crippen molar-refractivity contribution in [2.24, 2.45) is 0 Å². The summed E-state index contributed by atoms with van der Waals surface area (Å²) in [5, 5.41) is 0. The van der Waals surface area contributed by atoms with E-state index in [1.54, 1.807) is 24.3 Å². The molecule has 0 fully saturated rings. The Hall–Kier alpha value is -1.98. The van der Waals surface area contributed by atoms with E-state index in [9.17, 15) is 13.2 Å². The van der Waals surface area contributed by atoms with Crippen molar-refractivity contribution in [3.63, 3.8) is 0 Å². The van der Waals surface area contributed by atoms with Crippen LogP contribution >= 0.6 is 0 Å². The van der Waals surface area contributed by atoms with Crippen molar-refractivity contribution in [2.45, 2.75) is 13.1 Å². The summed E-state index contributed by atoms with van der Waals surface area (Å²) in [5.74, 6) is -1.11. The lowest BCUT2D eigenvalue weighted by Crippen LogP contribution is -2.04. The van der Waals surface area contributed by atoms with Crippen LogP contribution in [0, 0.1) is 6.92 Å². The second-order valence-electron chi connectivity index (χ2n) is 3.54. The molecule has 17 heavy (non-hydrogen) atoms. The fourth-order valence-corrected chi connectivity index (χ4v) is 1.43. The number of alkyl halides is 3. The summed E-state index contributed by atoms with van der Waals surface area (Å²) in [4.78, 5) is 3.45. The molecule has 0 amide bonds. The zero-order valence-electron chi connectivity index (χ0n) is 8.88. The van der Waals surface area contributed by atoms with Crippen LogP contribution < -0.4 is 5.73 Å². The average molecular weight is 242 g/mol. The summed E-state index contributed by atoms with van der Waals surface area (Å²) in [6, 6.07) is 6.38. The van der Waals surface area contributed by atoms with Gasteiger partial charge in [-0.2, -0.15) is 13.2 Å². The second-order valence-corrected chi connectivity index (χ2v) is 3.54. The first kappa shape index (κ1) is 11.5. The van der Waals surface area contributed by atoms with Crippen LogP contribution in [0.2, 0.25) is 0 Å². The van der Waals surface area contributed by atoms with Gasteiger partial charge in [0.25, 0.3) is 0 Å². The first-order valence-electron chi connectivity index (χ1n) is 4.78. The standard InChI is InChI=1S/C11H9F3N2O/c1-6-9(7-2-4-8(15)5-3-7)16-10(17-6)11(12,13)14/h2-5H,15H2,1H3.